The Balaban J connectivity index is 1.84. The van der Waals surface area contributed by atoms with E-state index in [2.05, 4.69) is 43.2 Å². The maximum atomic E-state index is 12.3. The first-order chi connectivity index (χ1) is 11.4. The molecule has 0 bridgehead atoms. The number of rotatable bonds is 3. The number of halogens is 1. The van der Waals surface area contributed by atoms with E-state index in [0.717, 1.165) is 11.3 Å². The zero-order chi connectivity index (χ0) is 17.3. The van der Waals surface area contributed by atoms with E-state index in [9.17, 15) is 4.79 Å². The molecule has 0 saturated heterocycles. The monoisotopic (exact) mass is 356 g/mol. The molecule has 2 aromatic carbocycles. The molecule has 0 aliphatic heterocycles. The highest BCUT2D eigenvalue weighted by Gasteiger charge is 2.13. The van der Waals surface area contributed by atoms with Gasteiger partial charge in [-0.3, -0.25) is 10.1 Å². The van der Waals surface area contributed by atoms with Crippen LogP contribution < -0.4 is 5.32 Å². The van der Waals surface area contributed by atoms with E-state index < -0.39 is 0 Å². The minimum absolute atomic E-state index is 0.190. The number of nitrogens with zero attached hydrogens (tertiary/aromatic N) is 1. The largest absolute Gasteiger partial charge is 0.298 e. The number of aryl methyl sites for hydroxylation is 3. The second kappa shape index (κ2) is 6.75. The van der Waals surface area contributed by atoms with Crippen molar-refractivity contribution in [3.8, 4) is 11.3 Å². The molecule has 0 spiro atoms. The standard InChI is InChI=1S/C19H17ClN2OS/c1-11-8-12(2)17(13(3)9-11)16-10-24-19(21-16)22-18(23)14-4-6-15(20)7-5-14/h4-10H,1-3H3,(H,21,22,23). The number of hydrogen-bond acceptors (Lipinski definition) is 3. The summed E-state index contributed by atoms with van der Waals surface area (Å²) in [5.41, 5.74) is 6.19. The molecule has 24 heavy (non-hydrogen) atoms. The molecule has 0 aliphatic rings. The number of thiazole rings is 1. The van der Waals surface area contributed by atoms with Gasteiger partial charge in [0.25, 0.3) is 5.91 Å². The van der Waals surface area contributed by atoms with Gasteiger partial charge >= 0.3 is 0 Å². The zero-order valence-corrected chi connectivity index (χ0v) is 15.3. The molecular formula is C19H17ClN2OS. The normalized spacial score (nSPS) is 10.7. The average Bonchev–Trinajstić information content (AvgIpc) is 2.95. The maximum Gasteiger partial charge on any atom is 0.257 e. The molecule has 0 aliphatic carbocycles. The summed E-state index contributed by atoms with van der Waals surface area (Å²) in [5.74, 6) is -0.190. The Labute approximate surface area is 150 Å². The first-order valence-corrected chi connectivity index (χ1v) is 8.80. The van der Waals surface area contributed by atoms with Crippen LogP contribution in [0.1, 0.15) is 27.0 Å². The van der Waals surface area contributed by atoms with Crippen LogP contribution >= 0.6 is 22.9 Å². The molecule has 1 N–H and O–H groups in total. The molecule has 0 fully saturated rings. The van der Waals surface area contributed by atoms with Crippen molar-refractivity contribution >= 4 is 34.0 Å². The highest BCUT2D eigenvalue weighted by Crippen LogP contribution is 2.31. The quantitative estimate of drug-likeness (QED) is 0.659. The highest BCUT2D eigenvalue weighted by molar-refractivity contribution is 7.14. The molecule has 0 atom stereocenters. The minimum atomic E-state index is -0.190. The van der Waals surface area contributed by atoms with Gasteiger partial charge in [-0.05, 0) is 56.2 Å². The predicted octanol–water partition coefficient (Wildman–Crippen LogP) is 5.64. The number of nitrogens with one attached hydrogen (secondary N) is 1. The van der Waals surface area contributed by atoms with Crippen molar-refractivity contribution in [2.75, 3.05) is 5.32 Å². The van der Waals surface area contributed by atoms with Gasteiger partial charge in [0.05, 0.1) is 5.69 Å². The Morgan fingerprint density at radius 2 is 1.71 bits per heavy atom. The van der Waals surface area contributed by atoms with E-state index >= 15 is 0 Å². The molecule has 122 valence electrons. The summed E-state index contributed by atoms with van der Waals surface area (Å²) in [6.45, 7) is 6.25. The van der Waals surface area contributed by atoms with Crippen molar-refractivity contribution in [1.82, 2.24) is 4.98 Å². The molecule has 5 heteroatoms. The third kappa shape index (κ3) is 3.50. The van der Waals surface area contributed by atoms with Gasteiger partial charge in [-0.15, -0.1) is 11.3 Å². The van der Waals surface area contributed by atoms with Crippen LogP contribution in [-0.4, -0.2) is 10.9 Å². The summed E-state index contributed by atoms with van der Waals surface area (Å²) in [6, 6.07) is 11.1. The average molecular weight is 357 g/mol. The van der Waals surface area contributed by atoms with Gasteiger partial charge in [0.15, 0.2) is 5.13 Å². The van der Waals surface area contributed by atoms with Gasteiger partial charge in [0.2, 0.25) is 0 Å². The zero-order valence-electron chi connectivity index (χ0n) is 13.7. The molecule has 3 rings (SSSR count). The number of aromatic nitrogens is 1. The second-order valence-electron chi connectivity index (χ2n) is 5.77. The molecule has 1 amide bonds. The first kappa shape index (κ1) is 16.7. The maximum absolute atomic E-state index is 12.3. The molecule has 0 unspecified atom stereocenters. The van der Waals surface area contributed by atoms with E-state index in [-0.39, 0.29) is 5.91 Å². The van der Waals surface area contributed by atoms with Gasteiger partial charge in [0.1, 0.15) is 0 Å². The second-order valence-corrected chi connectivity index (χ2v) is 7.07. The lowest BCUT2D eigenvalue weighted by Gasteiger charge is -2.08. The third-order valence-corrected chi connectivity index (χ3v) is 4.77. The van der Waals surface area contributed by atoms with Gasteiger partial charge in [0, 0.05) is 21.5 Å². The summed E-state index contributed by atoms with van der Waals surface area (Å²) in [7, 11) is 0. The SMILES string of the molecule is Cc1cc(C)c(-c2csc(NC(=O)c3ccc(Cl)cc3)n2)c(C)c1. The van der Waals surface area contributed by atoms with E-state index in [4.69, 9.17) is 11.6 Å². The number of hydrogen-bond donors (Lipinski definition) is 1. The molecule has 0 radical (unpaired) electrons. The van der Waals surface area contributed by atoms with E-state index in [1.165, 1.54) is 28.0 Å². The Bertz CT molecular complexity index is 877. The molecule has 1 heterocycles. The van der Waals surface area contributed by atoms with Crippen LogP contribution in [-0.2, 0) is 0 Å². The lowest BCUT2D eigenvalue weighted by atomic mass is 9.98. The number of carbonyl (C=O) groups excluding carboxylic acids is 1. The number of amides is 1. The fourth-order valence-electron chi connectivity index (χ4n) is 2.80. The van der Waals surface area contributed by atoms with Crippen LogP contribution in [0.5, 0.6) is 0 Å². The topological polar surface area (TPSA) is 42.0 Å². The molecule has 3 nitrogen and oxygen atoms in total. The van der Waals surface area contributed by atoms with Gasteiger partial charge < -0.3 is 0 Å². The van der Waals surface area contributed by atoms with Crippen molar-refractivity contribution in [3.05, 3.63) is 69.1 Å². The van der Waals surface area contributed by atoms with Crippen LogP contribution in [0.4, 0.5) is 5.13 Å². The Morgan fingerprint density at radius 3 is 2.33 bits per heavy atom. The number of benzene rings is 2. The van der Waals surface area contributed by atoms with E-state index in [1.54, 1.807) is 24.3 Å². The van der Waals surface area contributed by atoms with Crippen molar-refractivity contribution in [2.24, 2.45) is 0 Å². The first-order valence-electron chi connectivity index (χ1n) is 7.54. The fourth-order valence-corrected chi connectivity index (χ4v) is 3.62. The van der Waals surface area contributed by atoms with Gasteiger partial charge in [-0.1, -0.05) is 29.3 Å². The van der Waals surface area contributed by atoms with Crippen molar-refractivity contribution < 1.29 is 4.79 Å². The Hall–Kier alpha value is -2.17. The molecule has 0 saturated carbocycles. The number of anilines is 1. The van der Waals surface area contributed by atoms with E-state index in [0.29, 0.717) is 15.7 Å². The summed E-state index contributed by atoms with van der Waals surface area (Å²) >= 11 is 7.27. The lowest BCUT2D eigenvalue weighted by molar-refractivity contribution is 0.102. The summed E-state index contributed by atoms with van der Waals surface area (Å²) in [4.78, 5) is 16.8. The molecule has 1 aromatic heterocycles. The summed E-state index contributed by atoms with van der Waals surface area (Å²) < 4.78 is 0. The van der Waals surface area contributed by atoms with Crippen LogP contribution in [0.15, 0.2) is 41.8 Å². The lowest BCUT2D eigenvalue weighted by Crippen LogP contribution is -2.11. The smallest absolute Gasteiger partial charge is 0.257 e. The third-order valence-electron chi connectivity index (χ3n) is 3.76. The van der Waals surface area contributed by atoms with Crippen molar-refractivity contribution in [1.29, 1.82) is 0 Å². The molecule has 3 aromatic rings. The van der Waals surface area contributed by atoms with Gasteiger partial charge in [-0.2, -0.15) is 0 Å². The van der Waals surface area contributed by atoms with Crippen molar-refractivity contribution in [2.45, 2.75) is 20.8 Å². The number of carbonyl (C=O) groups is 1. The van der Waals surface area contributed by atoms with Crippen LogP contribution in [0.2, 0.25) is 5.02 Å². The Morgan fingerprint density at radius 1 is 1.08 bits per heavy atom. The molecular weight excluding hydrogens is 340 g/mol. The fraction of sp³-hybridized carbons (Fsp3) is 0.158. The summed E-state index contributed by atoms with van der Waals surface area (Å²) in [6.07, 6.45) is 0. The van der Waals surface area contributed by atoms with E-state index in [1.807, 2.05) is 5.38 Å². The highest BCUT2D eigenvalue weighted by atomic mass is 35.5. The van der Waals surface area contributed by atoms with Crippen LogP contribution in [0.25, 0.3) is 11.3 Å². The van der Waals surface area contributed by atoms with Gasteiger partial charge in [-0.25, -0.2) is 4.98 Å². The van der Waals surface area contributed by atoms with Crippen LogP contribution in [0.3, 0.4) is 0 Å². The summed E-state index contributed by atoms with van der Waals surface area (Å²) in [5, 5.41) is 6.01. The predicted molar refractivity (Wildman–Crippen MR) is 101 cm³/mol. The minimum Gasteiger partial charge on any atom is -0.298 e. The van der Waals surface area contributed by atoms with Crippen LogP contribution in [0, 0.1) is 20.8 Å². The Kier molecular flexibility index (Phi) is 4.69. The van der Waals surface area contributed by atoms with Crippen molar-refractivity contribution in [3.63, 3.8) is 0 Å².